The van der Waals surface area contributed by atoms with E-state index in [1.807, 2.05) is 24.3 Å². The Morgan fingerprint density at radius 1 is 1.39 bits per heavy atom. The Balaban J connectivity index is 1.85. The fourth-order valence-corrected chi connectivity index (χ4v) is 1.83. The molecule has 0 saturated carbocycles. The van der Waals surface area contributed by atoms with E-state index in [9.17, 15) is 4.79 Å². The molecule has 1 fully saturated rings. The first-order chi connectivity index (χ1) is 8.79. The van der Waals surface area contributed by atoms with Gasteiger partial charge in [0.05, 0.1) is 12.6 Å². The first-order valence-corrected chi connectivity index (χ1v) is 6.41. The number of rotatable bonds is 6. The molecule has 0 bridgehead atoms. The first-order valence-electron chi connectivity index (χ1n) is 6.41. The molecule has 1 N–H and O–H groups in total. The third-order valence-corrected chi connectivity index (χ3v) is 2.96. The topological polar surface area (TPSA) is 47.6 Å². The molecule has 1 aromatic rings. The third-order valence-electron chi connectivity index (χ3n) is 2.96. The van der Waals surface area contributed by atoms with Gasteiger partial charge in [-0.2, -0.15) is 5.48 Å². The molecule has 1 atom stereocenters. The Kier molecular flexibility index (Phi) is 4.73. The van der Waals surface area contributed by atoms with Crippen LogP contribution in [0.1, 0.15) is 25.3 Å². The van der Waals surface area contributed by atoms with Crippen LogP contribution >= 0.6 is 0 Å². The maximum atomic E-state index is 11.4. The second-order valence-electron chi connectivity index (χ2n) is 4.48. The molecule has 0 spiro atoms. The molecular formula is C14H19NO3. The van der Waals surface area contributed by atoms with Gasteiger partial charge in [0.15, 0.2) is 5.78 Å². The van der Waals surface area contributed by atoms with Crippen molar-refractivity contribution in [3.63, 3.8) is 0 Å². The Labute approximate surface area is 107 Å². The van der Waals surface area contributed by atoms with E-state index in [1.165, 1.54) is 0 Å². The van der Waals surface area contributed by atoms with Crippen molar-refractivity contribution in [3.05, 3.63) is 29.8 Å². The summed E-state index contributed by atoms with van der Waals surface area (Å²) in [6.45, 7) is 3.06. The van der Waals surface area contributed by atoms with Crippen LogP contribution in [0.5, 0.6) is 5.75 Å². The van der Waals surface area contributed by atoms with Gasteiger partial charge < -0.3 is 4.74 Å². The van der Waals surface area contributed by atoms with E-state index < -0.39 is 0 Å². The highest BCUT2D eigenvalue weighted by molar-refractivity contribution is 5.86. The summed E-state index contributed by atoms with van der Waals surface area (Å²) in [5.74, 6) is 0.993. The average Bonchev–Trinajstić information content (AvgIpc) is 2.78. The van der Waals surface area contributed by atoms with Crippen LogP contribution in [-0.4, -0.2) is 25.0 Å². The largest absolute Gasteiger partial charge is 0.494 e. The number of Topliss-reactive ketones (excluding diaryl/α,β-unsaturated/α-hetero) is 1. The van der Waals surface area contributed by atoms with E-state index in [-0.39, 0.29) is 18.4 Å². The van der Waals surface area contributed by atoms with Crippen molar-refractivity contribution in [2.24, 2.45) is 0 Å². The lowest BCUT2D eigenvalue weighted by Gasteiger charge is -2.09. The molecular weight excluding hydrogens is 230 g/mol. The van der Waals surface area contributed by atoms with E-state index in [0.29, 0.717) is 6.42 Å². The molecule has 0 aromatic heterocycles. The number of hydroxylamine groups is 1. The molecule has 4 heteroatoms. The van der Waals surface area contributed by atoms with Crippen LogP contribution in [0.15, 0.2) is 24.3 Å². The van der Waals surface area contributed by atoms with Crippen molar-refractivity contribution in [1.29, 1.82) is 0 Å². The quantitative estimate of drug-likeness (QED) is 0.782. The minimum absolute atomic E-state index is 0.110. The molecule has 1 saturated heterocycles. The van der Waals surface area contributed by atoms with Gasteiger partial charge in [-0.05, 0) is 30.5 Å². The van der Waals surface area contributed by atoms with Gasteiger partial charge in [0.25, 0.3) is 0 Å². The molecule has 18 heavy (non-hydrogen) atoms. The number of benzene rings is 1. The SMILES string of the molecule is CCCCOc1ccc(C[C@@H]2NOCC2=O)cc1. The summed E-state index contributed by atoms with van der Waals surface area (Å²) < 4.78 is 5.59. The van der Waals surface area contributed by atoms with Gasteiger partial charge in [-0.3, -0.25) is 9.63 Å². The van der Waals surface area contributed by atoms with E-state index in [4.69, 9.17) is 9.57 Å². The fourth-order valence-electron chi connectivity index (χ4n) is 1.83. The summed E-state index contributed by atoms with van der Waals surface area (Å²) in [5, 5.41) is 0. The second-order valence-corrected chi connectivity index (χ2v) is 4.48. The van der Waals surface area contributed by atoms with E-state index >= 15 is 0 Å². The number of nitrogens with one attached hydrogen (secondary N) is 1. The Morgan fingerprint density at radius 3 is 2.78 bits per heavy atom. The number of carbonyl (C=O) groups excluding carboxylic acids is 1. The van der Waals surface area contributed by atoms with Crippen LogP contribution in [0.2, 0.25) is 0 Å². The molecule has 0 radical (unpaired) electrons. The lowest BCUT2D eigenvalue weighted by atomic mass is 10.0. The number of hydrogen-bond acceptors (Lipinski definition) is 4. The molecule has 1 aliphatic rings. The zero-order valence-corrected chi connectivity index (χ0v) is 10.6. The van der Waals surface area contributed by atoms with Gasteiger partial charge in [0.1, 0.15) is 12.4 Å². The van der Waals surface area contributed by atoms with Gasteiger partial charge in [0, 0.05) is 0 Å². The van der Waals surface area contributed by atoms with Crippen molar-refractivity contribution in [2.45, 2.75) is 32.2 Å². The fraction of sp³-hybridized carbons (Fsp3) is 0.500. The molecule has 0 unspecified atom stereocenters. The normalized spacial score (nSPS) is 19.2. The number of ketones is 1. The van der Waals surface area contributed by atoms with Gasteiger partial charge in [-0.15, -0.1) is 0 Å². The maximum absolute atomic E-state index is 11.4. The summed E-state index contributed by atoms with van der Waals surface area (Å²) >= 11 is 0. The molecule has 1 aliphatic heterocycles. The van der Waals surface area contributed by atoms with E-state index in [1.54, 1.807) is 0 Å². The van der Waals surface area contributed by atoms with Gasteiger partial charge in [0.2, 0.25) is 0 Å². The lowest BCUT2D eigenvalue weighted by molar-refractivity contribution is -0.118. The highest BCUT2D eigenvalue weighted by Gasteiger charge is 2.24. The van der Waals surface area contributed by atoms with Crippen molar-refractivity contribution in [3.8, 4) is 5.75 Å². The summed E-state index contributed by atoms with van der Waals surface area (Å²) in [7, 11) is 0. The molecule has 2 rings (SSSR count). The van der Waals surface area contributed by atoms with Crippen LogP contribution in [0.25, 0.3) is 0 Å². The lowest BCUT2D eigenvalue weighted by Crippen LogP contribution is -2.28. The Morgan fingerprint density at radius 2 is 2.17 bits per heavy atom. The van der Waals surface area contributed by atoms with Gasteiger partial charge in [-0.25, -0.2) is 0 Å². The Bertz CT molecular complexity index is 389. The van der Waals surface area contributed by atoms with Crippen molar-refractivity contribution in [2.75, 3.05) is 13.2 Å². The molecule has 0 amide bonds. The van der Waals surface area contributed by atoms with Gasteiger partial charge >= 0.3 is 0 Å². The highest BCUT2D eigenvalue weighted by atomic mass is 16.7. The van der Waals surface area contributed by atoms with Crippen molar-refractivity contribution < 1.29 is 14.4 Å². The second kappa shape index (κ2) is 6.52. The summed E-state index contributed by atoms with van der Waals surface area (Å²) in [5.41, 5.74) is 3.84. The summed E-state index contributed by atoms with van der Waals surface area (Å²) in [6, 6.07) is 7.68. The molecule has 4 nitrogen and oxygen atoms in total. The predicted octanol–water partition coefficient (Wildman–Crippen LogP) is 1.88. The Hall–Kier alpha value is -1.39. The maximum Gasteiger partial charge on any atom is 0.180 e. The minimum Gasteiger partial charge on any atom is -0.494 e. The van der Waals surface area contributed by atoms with Crippen molar-refractivity contribution in [1.82, 2.24) is 5.48 Å². The van der Waals surface area contributed by atoms with E-state index in [2.05, 4.69) is 12.4 Å². The molecule has 98 valence electrons. The molecule has 1 aromatic carbocycles. The van der Waals surface area contributed by atoms with Crippen LogP contribution < -0.4 is 10.2 Å². The summed E-state index contributed by atoms with van der Waals surface area (Å²) in [6.07, 6.45) is 2.86. The number of carbonyl (C=O) groups is 1. The zero-order chi connectivity index (χ0) is 12.8. The van der Waals surface area contributed by atoms with E-state index in [0.717, 1.165) is 30.8 Å². The van der Waals surface area contributed by atoms with Crippen LogP contribution in [0.3, 0.4) is 0 Å². The molecule has 1 heterocycles. The minimum atomic E-state index is -0.211. The number of unbranched alkanes of at least 4 members (excludes halogenated alkanes) is 1. The van der Waals surface area contributed by atoms with Crippen molar-refractivity contribution >= 4 is 5.78 Å². The highest BCUT2D eigenvalue weighted by Crippen LogP contribution is 2.15. The molecule has 0 aliphatic carbocycles. The smallest absolute Gasteiger partial charge is 0.180 e. The van der Waals surface area contributed by atoms with Gasteiger partial charge in [-0.1, -0.05) is 25.5 Å². The monoisotopic (exact) mass is 249 g/mol. The standard InChI is InChI=1S/C14H19NO3/c1-2-3-8-17-12-6-4-11(5-7-12)9-13-14(16)10-18-15-13/h4-7,13,15H,2-3,8-10H2,1H3/t13-/m0/s1. The summed E-state index contributed by atoms with van der Waals surface area (Å²) in [4.78, 5) is 16.3. The first kappa shape index (κ1) is 13.1. The van der Waals surface area contributed by atoms with Crippen LogP contribution in [0.4, 0.5) is 0 Å². The average molecular weight is 249 g/mol. The van der Waals surface area contributed by atoms with Crippen LogP contribution in [0, 0.1) is 0 Å². The number of ether oxygens (including phenoxy) is 1. The number of hydrogen-bond donors (Lipinski definition) is 1. The predicted molar refractivity (Wildman–Crippen MR) is 68.4 cm³/mol. The third kappa shape index (κ3) is 3.55. The van der Waals surface area contributed by atoms with Crippen LogP contribution in [-0.2, 0) is 16.1 Å². The zero-order valence-electron chi connectivity index (χ0n) is 10.6.